The van der Waals surface area contributed by atoms with Crippen molar-refractivity contribution in [3.05, 3.63) is 52.3 Å². The Morgan fingerprint density at radius 1 is 1.36 bits per heavy atom. The van der Waals surface area contributed by atoms with Gasteiger partial charge in [-0.25, -0.2) is 0 Å². The molecule has 1 aromatic carbocycles. The van der Waals surface area contributed by atoms with Crippen LogP contribution in [-0.2, 0) is 26.1 Å². The zero-order valence-corrected chi connectivity index (χ0v) is 12.9. The number of amides is 1. The van der Waals surface area contributed by atoms with Gasteiger partial charge in [0.1, 0.15) is 0 Å². The number of aromatic amines is 1. The molecule has 1 aliphatic heterocycles. The van der Waals surface area contributed by atoms with E-state index in [1.807, 2.05) is 24.3 Å². The fourth-order valence-corrected chi connectivity index (χ4v) is 2.52. The molecule has 2 heterocycles. The Labute approximate surface area is 134 Å². The van der Waals surface area contributed by atoms with Crippen LogP contribution in [0, 0.1) is 0 Å². The Morgan fingerprint density at radius 3 is 3.00 bits per heavy atom. The number of benzene rings is 1. The van der Waals surface area contributed by atoms with Crippen molar-refractivity contribution in [2.75, 3.05) is 6.54 Å². The molecule has 3 rings (SSSR count). The van der Waals surface area contributed by atoms with Gasteiger partial charge in [0.15, 0.2) is 5.69 Å². The molecule has 22 heavy (non-hydrogen) atoms. The molecule has 0 radical (unpaired) electrons. The van der Waals surface area contributed by atoms with Crippen LogP contribution < -0.4 is 10.6 Å². The van der Waals surface area contributed by atoms with Crippen LogP contribution in [0.3, 0.4) is 0 Å². The van der Waals surface area contributed by atoms with Crippen molar-refractivity contribution in [1.29, 1.82) is 0 Å². The lowest BCUT2D eigenvalue weighted by atomic mass is 10.1. The number of aromatic nitrogens is 2. The molecule has 0 saturated heterocycles. The maximum Gasteiger partial charge on any atom is 0.272 e. The molecule has 2 aromatic rings. The number of nitrogens with one attached hydrogen (secondary N) is 3. The fraction of sp³-hybridized carbons (Fsp3) is 0.333. The van der Waals surface area contributed by atoms with E-state index in [9.17, 15) is 4.79 Å². The molecular formula is C15H19ClN4O2. The number of hydrogen-bond donors (Lipinski definition) is 4. The van der Waals surface area contributed by atoms with Crippen LogP contribution >= 0.6 is 12.4 Å². The summed E-state index contributed by atoms with van der Waals surface area (Å²) in [6.45, 7) is 2.00. The van der Waals surface area contributed by atoms with Gasteiger partial charge in [0.2, 0.25) is 0 Å². The van der Waals surface area contributed by atoms with E-state index >= 15 is 0 Å². The van der Waals surface area contributed by atoms with E-state index in [1.54, 1.807) is 0 Å². The highest BCUT2D eigenvalue weighted by Gasteiger charge is 2.21. The van der Waals surface area contributed by atoms with Crippen molar-refractivity contribution in [2.45, 2.75) is 26.1 Å². The van der Waals surface area contributed by atoms with E-state index < -0.39 is 0 Å². The largest absolute Gasteiger partial charge is 0.392 e. The second-order valence-electron chi connectivity index (χ2n) is 5.12. The lowest BCUT2D eigenvalue weighted by molar-refractivity contribution is 0.0944. The highest BCUT2D eigenvalue weighted by molar-refractivity contribution is 5.94. The van der Waals surface area contributed by atoms with E-state index in [0.717, 1.165) is 35.3 Å². The van der Waals surface area contributed by atoms with Gasteiger partial charge in [-0.2, -0.15) is 5.10 Å². The highest BCUT2D eigenvalue weighted by Crippen LogP contribution is 2.15. The van der Waals surface area contributed by atoms with Crippen LogP contribution in [0.15, 0.2) is 24.3 Å². The zero-order valence-electron chi connectivity index (χ0n) is 12.1. The standard InChI is InChI=1S/C15H18N4O2.ClH/c20-9-11-3-1-2-10(6-11)7-17-15(21)14-12-8-16-5-4-13(12)18-19-14;/h1-3,6,16,20H,4-5,7-9H2,(H,17,21)(H,18,19);1H. The first-order chi connectivity index (χ1) is 10.3. The van der Waals surface area contributed by atoms with Crippen molar-refractivity contribution < 1.29 is 9.90 Å². The number of nitrogens with zero attached hydrogens (tertiary/aromatic N) is 1. The van der Waals surface area contributed by atoms with Crippen molar-refractivity contribution >= 4 is 18.3 Å². The molecule has 0 saturated carbocycles. The average molecular weight is 323 g/mol. The van der Waals surface area contributed by atoms with Gasteiger partial charge in [-0.15, -0.1) is 12.4 Å². The van der Waals surface area contributed by atoms with Gasteiger partial charge in [0.05, 0.1) is 6.61 Å². The summed E-state index contributed by atoms with van der Waals surface area (Å²) in [7, 11) is 0. The van der Waals surface area contributed by atoms with Gasteiger partial charge in [0, 0.05) is 37.3 Å². The predicted octanol–water partition coefficient (Wildman–Crippen LogP) is 0.899. The minimum Gasteiger partial charge on any atom is -0.392 e. The molecule has 0 spiro atoms. The lowest BCUT2D eigenvalue weighted by Crippen LogP contribution is -2.28. The third-order valence-electron chi connectivity index (χ3n) is 3.65. The van der Waals surface area contributed by atoms with E-state index in [-0.39, 0.29) is 24.9 Å². The number of carbonyl (C=O) groups is 1. The number of fused-ring (bicyclic) bond motifs is 1. The van der Waals surface area contributed by atoms with Gasteiger partial charge < -0.3 is 15.7 Å². The second kappa shape index (κ2) is 7.40. The van der Waals surface area contributed by atoms with Crippen LogP contribution in [0.5, 0.6) is 0 Å². The van der Waals surface area contributed by atoms with Crippen LogP contribution in [0.1, 0.15) is 32.9 Å². The van der Waals surface area contributed by atoms with Crippen molar-refractivity contribution in [3.8, 4) is 0 Å². The number of hydrogen-bond acceptors (Lipinski definition) is 4. The molecule has 0 bridgehead atoms. The first kappa shape index (κ1) is 16.5. The molecular weight excluding hydrogens is 304 g/mol. The Hall–Kier alpha value is -1.89. The summed E-state index contributed by atoms with van der Waals surface area (Å²) < 4.78 is 0. The summed E-state index contributed by atoms with van der Waals surface area (Å²) in [6, 6.07) is 7.51. The number of carbonyl (C=O) groups excluding carboxylic acids is 1. The Morgan fingerprint density at radius 2 is 2.18 bits per heavy atom. The fourth-order valence-electron chi connectivity index (χ4n) is 2.52. The topological polar surface area (TPSA) is 90.0 Å². The van der Waals surface area contributed by atoms with Gasteiger partial charge in [-0.05, 0) is 11.1 Å². The Bertz CT molecular complexity index is 657. The number of rotatable bonds is 4. The van der Waals surface area contributed by atoms with Crippen LogP contribution in [0.4, 0.5) is 0 Å². The van der Waals surface area contributed by atoms with Gasteiger partial charge >= 0.3 is 0 Å². The third-order valence-corrected chi connectivity index (χ3v) is 3.65. The minimum absolute atomic E-state index is 0. The molecule has 1 amide bonds. The summed E-state index contributed by atoms with van der Waals surface area (Å²) in [6.07, 6.45) is 0.869. The molecule has 1 aliphatic rings. The smallest absolute Gasteiger partial charge is 0.272 e. The molecule has 4 N–H and O–H groups in total. The molecule has 6 nitrogen and oxygen atoms in total. The number of aliphatic hydroxyl groups is 1. The van der Waals surface area contributed by atoms with Gasteiger partial charge in [-0.3, -0.25) is 9.89 Å². The number of aliphatic hydroxyl groups excluding tert-OH is 1. The van der Waals surface area contributed by atoms with Crippen LogP contribution in [-0.4, -0.2) is 27.8 Å². The van der Waals surface area contributed by atoms with Crippen molar-refractivity contribution in [1.82, 2.24) is 20.8 Å². The molecule has 0 atom stereocenters. The maximum atomic E-state index is 12.2. The zero-order chi connectivity index (χ0) is 14.7. The van der Waals surface area contributed by atoms with E-state index in [2.05, 4.69) is 20.8 Å². The van der Waals surface area contributed by atoms with E-state index in [1.165, 1.54) is 0 Å². The summed E-state index contributed by atoms with van der Waals surface area (Å²) >= 11 is 0. The minimum atomic E-state index is -0.175. The first-order valence-corrected chi connectivity index (χ1v) is 7.01. The Kier molecular flexibility index (Phi) is 5.54. The highest BCUT2D eigenvalue weighted by atomic mass is 35.5. The molecule has 0 fully saturated rings. The summed E-state index contributed by atoms with van der Waals surface area (Å²) in [5.74, 6) is -0.175. The van der Waals surface area contributed by atoms with E-state index in [4.69, 9.17) is 5.11 Å². The van der Waals surface area contributed by atoms with E-state index in [0.29, 0.717) is 18.8 Å². The molecule has 7 heteroatoms. The third kappa shape index (κ3) is 3.47. The number of H-pyrrole nitrogens is 1. The monoisotopic (exact) mass is 322 g/mol. The van der Waals surface area contributed by atoms with Crippen LogP contribution in [0.25, 0.3) is 0 Å². The average Bonchev–Trinajstić information content (AvgIpc) is 2.97. The normalized spacial score (nSPS) is 13.1. The maximum absolute atomic E-state index is 12.2. The van der Waals surface area contributed by atoms with Crippen LogP contribution in [0.2, 0.25) is 0 Å². The quantitative estimate of drug-likeness (QED) is 0.673. The molecule has 0 unspecified atom stereocenters. The summed E-state index contributed by atoms with van der Waals surface area (Å²) in [5.41, 5.74) is 4.26. The predicted molar refractivity (Wildman–Crippen MR) is 84.8 cm³/mol. The van der Waals surface area contributed by atoms with Gasteiger partial charge in [-0.1, -0.05) is 24.3 Å². The van der Waals surface area contributed by atoms with Crippen molar-refractivity contribution in [2.24, 2.45) is 0 Å². The summed E-state index contributed by atoms with van der Waals surface area (Å²) in [5, 5.41) is 22.3. The molecule has 0 aliphatic carbocycles. The SMILES string of the molecule is Cl.O=C(NCc1cccc(CO)c1)c1n[nH]c2c1CNCC2. The number of halogens is 1. The van der Waals surface area contributed by atoms with Gasteiger partial charge in [0.25, 0.3) is 5.91 Å². The first-order valence-electron chi connectivity index (χ1n) is 7.01. The molecule has 1 aromatic heterocycles. The molecule has 118 valence electrons. The summed E-state index contributed by atoms with van der Waals surface area (Å²) in [4.78, 5) is 12.2. The second-order valence-corrected chi connectivity index (χ2v) is 5.12. The lowest BCUT2D eigenvalue weighted by Gasteiger charge is -2.13. The van der Waals surface area contributed by atoms with Crippen molar-refractivity contribution in [3.63, 3.8) is 0 Å². The Balaban J connectivity index is 0.00000176.